The highest BCUT2D eigenvalue weighted by Gasteiger charge is 2.24. The van der Waals surface area contributed by atoms with E-state index in [0.717, 1.165) is 37.4 Å². The summed E-state index contributed by atoms with van der Waals surface area (Å²) in [5.41, 5.74) is 1.42. The van der Waals surface area contributed by atoms with Gasteiger partial charge in [0.1, 0.15) is 5.75 Å². The van der Waals surface area contributed by atoms with Gasteiger partial charge in [-0.2, -0.15) is 0 Å². The first-order valence-electron chi connectivity index (χ1n) is 9.01. The van der Waals surface area contributed by atoms with Crippen LogP contribution in [-0.2, 0) is 17.6 Å². The Hall–Kier alpha value is -2.43. The smallest absolute Gasteiger partial charge is 0.227 e. The Balaban J connectivity index is 1.54. The second-order valence-electron chi connectivity index (χ2n) is 6.94. The zero-order chi connectivity index (χ0) is 18.5. The van der Waals surface area contributed by atoms with Crippen LogP contribution in [0.3, 0.4) is 0 Å². The number of amides is 1. The maximum absolute atomic E-state index is 13.3. The third kappa shape index (κ3) is 4.59. The van der Waals surface area contributed by atoms with Gasteiger partial charge in [-0.05, 0) is 55.4 Å². The largest absolute Gasteiger partial charge is 0.508 e. The van der Waals surface area contributed by atoms with Crippen LogP contribution in [0.4, 0.5) is 8.78 Å². The van der Waals surface area contributed by atoms with Crippen LogP contribution in [-0.4, -0.2) is 29.0 Å². The SMILES string of the molecule is O=C(Cc1ccccc1O)N1CCCC(CCc2ccc(F)c(F)c2)C1. The van der Waals surface area contributed by atoms with Gasteiger partial charge in [-0.3, -0.25) is 4.79 Å². The molecule has 0 bridgehead atoms. The fourth-order valence-electron chi connectivity index (χ4n) is 3.53. The van der Waals surface area contributed by atoms with E-state index in [1.807, 2.05) is 11.0 Å². The quantitative estimate of drug-likeness (QED) is 0.874. The topological polar surface area (TPSA) is 40.5 Å². The number of para-hydroxylation sites is 1. The number of hydrogen-bond donors (Lipinski definition) is 1. The molecule has 1 amide bonds. The molecule has 0 spiro atoms. The first kappa shape index (κ1) is 18.4. The molecule has 1 unspecified atom stereocenters. The number of likely N-dealkylation sites (tertiary alicyclic amines) is 1. The van der Waals surface area contributed by atoms with Crippen molar-refractivity contribution in [3.8, 4) is 5.75 Å². The van der Waals surface area contributed by atoms with Crippen molar-refractivity contribution < 1.29 is 18.7 Å². The number of hydrogen-bond acceptors (Lipinski definition) is 2. The molecule has 1 atom stereocenters. The summed E-state index contributed by atoms with van der Waals surface area (Å²) < 4.78 is 26.3. The second-order valence-corrected chi connectivity index (χ2v) is 6.94. The number of nitrogens with zero attached hydrogens (tertiary/aromatic N) is 1. The highest BCUT2D eigenvalue weighted by Crippen LogP contribution is 2.24. The Morgan fingerprint density at radius 3 is 2.73 bits per heavy atom. The van der Waals surface area contributed by atoms with Crippen molar-refractivity contribution in [3.63, 3.8) is 0 Å². The summed E-state index contributed by atoms with van der Waals surface area (Å²) in [4.78, 5) is 14.4. The molecule has 2 aromatic carbocycles. The van der Waals surface area contributed by atoms with E-state index in [1.54, 1.807) is 24.3 Å². The number of halogens is 2. The van der Waals surface area contributed by atoms with Crippen LogP contribution in [0.15, 0.2) is 42.5 Å². The number of carbonyl (C=O) groups is 1. The third-order valence-corrected chi connectivity index (χ3v) is 5.03. The van der Waals surface area contributed by atoms with Crippen LogP contribution in [0.5, 0.6) is 5.75 Å². The molecule has 0 aromatic heterocycles. The fourth-order valence-corrected chi connectivity index (χ4v) is 3.53. The van der Waals surface area contributed by atoms with E-state index >= 15 is 0 Å². The van der Waals surface area contributed by atoms with Crippen molar-refractivity contribution in [1.29, 1.82) is 0 Å². The molecule has 3 nitrogen and oxygen atoms in total. The van der Waals surface area contributed by atoms with Crippen molar-refractivity contribution in [1.82, 2.24) is 4.90 Å². The predicted octanol–water partition coefficient (Wildman–Crippen LogP) is 4.08. The Morgan fingerprint density at radius 1 is 1.15 bits per heavy atom. The van der Waals surface area contributed by atoms with Crippen LogP contribution >= 0.6 is 0 Å². The number of aryl methyl sites for hydroxylation is 1. The minimum absolute atomic E-state index is 0.0176. The van der Waals surface area contributed by atoms with E-state index in [0.29, 0.717) is 24.4 Å². The Kier molecular flexibility index (Phi) is 5.86. The number of phenolic OH excluding ortho intramolecular Hbond substituents is 1. The van der Waals surface area contributed by atoms with Gasteiger partial charge in [-0.1, -0.05) is 24.3 Å². The van der Waals surface area contributed by atoms with Gasteiger partial charge in [0.2, 0.25) is 5.91 Å². The Bertz CT molecular complexity index is 778. The first-order chi connectivity index (χ1) is 12.5. The molecule has 0 radical (unpaired) electrons. The molecule has 1 N–H and O–H groups in total. The monoisotopic (exact) mass is 359 g/mol. The summed E-state index contributed by atoms with van der Waals surface area (Å²) in [5, 5.41) is 9.83. The molecule has 1 aliphatic rings. The molecule has 1 heterocycles. The fraction of sp³-hybridized carbons (Fsp3) is 0.381. The molecule has 1 aliphatic heterocycles. The van der Waals surface area contributed by atoms with Crippen LogP contribution in [0.25, 0.3) is 0 Å². The van der Waals surface area contributed by atoms with Gasteiger partial charge in [-0.15, -0.1) is 0 Å². The summed E-state index contributed by atoms with van der Waals surface area (Å²) in [6.45, 7) is 1.41. The van der Waals surface area contributed by atoms with Gasteiger partial charge < -0.3 is 10.0 Å². The number of carbonyl (C=O) groups excluding carboxylic acids is 1. The molecule has 26 heavy (non-hydrogen) atoms. The molecule has 0 saturated carbocycles. The van der Waals surface area contributed by atoms with Gasteiger partial charge in [0.15, 0.2) is 11.6 Å². The molecule has 5 heteroatoms. The molecular weight excluding hydrogens is 336 g/mol. The van der Waals surface area contributed by atoms with E-state index < -0.39 is 11.6 Å². The minimum atomic E-state index is -0.827. The lowest BCUT2D eigenvalue weighted by molar-refractivity contribution is -0.132. The van der Waals surface area contributed by atoms with E-state index in [1.165, 1.54) is 6.07 Å². The third-order valence-electron chi connectivity index (χ3n) is 5.03. The Labute approximate surface area is 152 Å². The van der Waals surface area contributed by atoms with Crippen molar-refractivity contribution >= 4 is 5.91 Å². The summed E-state index contributed by atoms with van der Waals surface area (Å²) in [7, 11) is 0. The van der Waals surface area contributed by atoms with Crippen LogP contribution in [0, 0.1) is 17.6 Å². The zero-order valence-electron chi connectivity index (χ0n) is 14.6. The van der Waals surface area contributed by atoms with Gasteiger partial charge in [0, 0.05) is 18.7 Å². The lowest BCUT2D eigenvalue weighted by Gasteiger charge is -2.33. The van der Waals surface area contributed by atoms with Crippen molar-refractivity contribution in [2.45, 2.75) is 32.1 Å². The van der Waals surface area contributed by atoms with Crippen molar-refractivity contribution in [2.75, 3.05) is 13.1 Å². The number of benzene rings is 2. The molecular formula is C21H23F2NO2. The van der Waals surface area contributed by atoms with Gasteiger partial charge >= 0.3 is 0 Å². The molecule has 1 saturated heterocycles. The molecule has 3 rings (SSSR count). The second kappa shape index (κ2) is 8.30. The maximum Gasteiger partial charge on any atom is 0.227 e. The van der Waals surface area contributed by atoms with Crippen molar-refractivity contribution in [3.05, 3.63) is 65.2 Å². The normalized spacial score (nSPS) is 17.3. The van der Waals surface area contributed by atoms with E-state index in [2.05, 4.69) is 0 Å². The number of rotatable bonds is 5. The van der Waals surface area contributed by atoms with E-state index in [-0.39, 0.29) is 18.1 Å². The van der Waals surface area contributed by atoms with E-state index in [4.69, 9.17) is 0 Å². The number of aromatic hydroxyl groups is 1. The van der Waals surface area contributed by atoms with Gasteiger partial charge in [0.25, 0.3) is 0 Å². The lowest BCUT2D eigenvalue weighted by atomic mass is 9.91. The van der Waals surface area contributed by atoms with Crippen LogP contribution in [0.1, 0.15) is 30.4 Å². The predicted molar refractivity (Wildman–Crippen MR) is 95.8 cm³/mol. The highest BCUT2D eigenvalue weighted by atomic mass is 19.2. The average Bonchev–Trinajstić information content (AvgIpc) is 2.65. The van der Waals surface area contributed by atoms with Crippen LogP contribution < -0.4 is 0 Å². The summed E-state index contributed by atoms with van der Waals surface area (Å²) in [6, 6.07) is 10.9. The highest BCUT2D eigenvalue weighted by molar-refractivity contribution is 5.79. The minimum Gasteiger partial charge on any atom is -0.508 e. The lowest BCUT2D eigenvalue weighted by Crippen LogP contribution is -2.40. The summed E-state index contributed by atoms with van der Waals surface area (Å²) in [5.74, 6) is -1.13. The summed E-state index contributed by atoms with van der Waals surface area (Å²) >= 11 is 0. The zero-order valence-corrected chi connectivity index (χ0v) is 14.6. The standard InChI is InChI=1S/C21H23F2NO2/c22-18-10-9-15(12-19(18)23)7-8-16-4-3-11-24(14-16)21(26)13-17-5-1-2-6-20(17)25/h1-2,5-6,9-10,12,16,25H,3-4,7-8,11,13-14H2. The molecule has 2 aromatic rings. The summed E-state index contributed by atoms with van der Waals surface area (Å²) in [6.07, 6.45) is 3.68. The first-order valence-corrected chi connectivity index (χ1v) is 9.01. The van der Waals surface area contributed by atoms with Gasteiger partial charge in [0.05, 0.1) is 6.42 Å². The molecule has 1 fully saturated rings. The van der Waals surface area contributed by atoms with Gasteiger partial charge in [-0.25, -0.2) is 8.78 Å². The van der Waals surface area contributed by atoms with Crippen molar-refractivity contribution in [2.24, 2.45) is 5.92 Å². The van der Waals surface area contributed by atoms with Crippen LogP contribution in [0.2, 0.25) is 0 Å². The Morgan fingerprint density at radius 2 is 1.96 bits per heavy atom. The maximum atomic E-state index is 13.3. The number of piperidine rings is 1. The van der Waals surface area contributed by atoms with E-state index in [9.17, 15) is 18.7 Å². The molecule has 138 valence electrons. The average molecular weight is 359 g/mol. The number of phenols is 1. The molecule has 0 aliphatic carbocycles.